The van der Waals surface area contributed by atoms with Crippen molar-refractivity contribution in [3.05, 3.63) is 48.7 Å². The molecule has 0 aliphatic heterocycles. The number of methoxy groups -OCH3 is 1. The fourth-order valence-corrected chi connectivity index (χ4v) is 2.43. The maximum Gasteiger partial charge on any atom is 0.257 e. The Balaban J connectivity index is 1.66. The lowest BCUT2D eigenvalue weighted by atomic mass is 10.3. The molecule has 0 spiro atoms. The number of carbonyl (C=O) groups excluding carboxylic acids is 1. The van der Waals surface area contributed by atoms with E-state index in [-0.39, 0.29) is 12.5 Å². The molecule has 0 atom stereocenters. The largest absolute Gasteiger partial charge is 0.493 e. The molecule has 0 saturated heterocycles. The second-order valence-electron chi connectivity index (χ2n) is 4.31. The number of nitrogens with zero attached hydrogens (tertiary/aromatic N) is 1. The van der Waals surface area contributed by atoms with E-state index in [2.05, 4.69) is 10.3 Å². The molecule has 2 aromatic rings. The zero-order chi connectivity index (χ0) is 15.6. The van der Waals surface area contributed by atoms with Crippen LogP contribution in [-0.2, 0) is 4.79 Å². The van der Waals surface area contributed by atoms with Gasteiger partial charge in [0.25, 0.3) is 5.91 Å². The van der Waals surface area contributed by atoms with Gasteiger partial charge in [0.1, 0.15) is 0 Å². The van der Waals surface area contributed by atoms with Crippen LogP contribution in [0.5, 0.6) is 11.5 Å². The molecule has 1 aromatic heterocycles. The Kier molecular flexibility index (Phi) is 6.57. The van der Waals surface area contributed by atoms with Gasteiger partial charge in [0.2, 0.25) is 0 Å². The first kappa shape index (κ1) is 16.2. The normalized spacial score (nSPS) is 10.0. The fourth-order valence-electron chi connectivity index (χ4n) is 1.71. The van der Waals surface area contributed by atoms with E-state index >= 15 is 0 Å². The molecule has 0 radical (unpaired) electrons. The van der Waals surface area contributed by atoms with Crippen molar-refractivity contribution in [1.82, 2.24) is 10.3 Å². The van der Waals surface area contributed by atoms with Gasteiger partial charge in [-0.25, -0.2) is 4.98 Å². The maximum atomic E-state index is 11.7. The molecule has 2 rings (SSSR count). The minimum absolute atomic E-state index is 0.0331. The number of pyridine rings is 1. The second kappa shape index (κ2) is 8.94. The molecule has 22 heavy (non-hydrogen) atoms. The summed E-state index contributed by atoms with van der Waals surface area (Å²) in [6.45, 7) is 0.532. The summed E-state index contributed by atoms with van der Waals surface area (Å²) >= 11 is 1.60. The van der Waals surface area contributed by atoms with Crippen LogP contribution in [-0.4, -0.2) is 36.9 Å². The van der Waals surface area contributed by atoms with Crippen LogP contribution in [0.15, 0.2) is 53.7 Å². The third-order valence-corrected chi connectivity index (χ3v) is 3.69. The summed E-state index contributed by atoms with van der Waals surface area (Å²) < 4.78 is 10.6. The highest BCUT2D eigenvalue weighted by Gasteiger charge is 2.06. The van der Waals surface area contributed by atoms with Crippen LogP contribution in [0.25, 0.3) is 0 Å². The number of rotatable bonds is 8. The number of thioether (sulfide) groups is 1. The highest BCUT2D eigenvalue weighted by molar-refractivity contribution is 7.99. The molecule has 6 heteroatoms. The van der Waals surface area contributed by atoms with E-state index in [0.29, 0.717) is 18.0 Å². The van der Waals surface area contributed by atoms with E-state index in [1.54, 1.807) is 37.2 Å². The molecule has 0 aliphatic rings. The van der Waals surface area contributed by atoms with Gasteiger partial charge in [-0.05, 0) is 24.3 Å². The summed E-state index contributed by atoms with van der Waals surface area (Å²) in [6, 6.07) is 13.0. The van der Waals surface area contributed by atoms with Crippen molar-refractivity contribution in [2.45, 2.75) is 5.03 Å². The first-order valence-corrected chi connectivity index (χ1v) is 7.84. The average Bonchev–Trinajstić information content (AvgIpc) is 2.58. The Morgan fingerprint density at radius 3 is 2.68 bits per heavy atom. The summed E-state index contributed by atoms with van der Waals surface area (Å²) in [7, 11) is 1.57. The zero-order valence-electron chi connectivity index (χ0n) is 12.3. The Hall–Kier alpha value is -2.21. The van der Waals surface area contributed by atoms with E-state index in [0.717, 1.165) is 10.8 Å². The first-order chi connectivity index (χ1) is 10.8. The van der Waals surface area contributed by atoms with Crippen molar-refractivity contribution in [3.8, 4) is 11.5 Å². The molecular weight excluding hydrogens is 300 g/mol. The molecule has 1 heterocycles. The predicted octanol–water partition coefficient (Wildman–Crippen LogP) is 2.38. The summed E-state index contributed by atoms with van der Waals surface area (Å²) in [6.07, 6.45) is 1.75. The lowest BCUT2D eigenvalue weighted by molar-refractivity contribution is -0.122. The number of benzene rings is 1. The van der Waals surface area contributed by atoms with Gasteiger partial charge in [0.05, 0.1) is 12.1 Å². The van der Waals surface area contributed by atoms with Crippen LogP contribution < -0.4 is 14.8 Å². The number of hydrogen-bond acceptors (Lipinski definition) is 5. The summed E-state index contributed by atoms with van der Waals surface area (Å²) in [5.41, 5.74) is 0. The van der Waals surface area contributed by atoms with Crippen LogP contribution in [0.1, 0.15) is 0 Å². The molecular formula is C16H18N2O3S. The van der Waals surface area contributed by atoms with Gasteiger partial charge in [-0.2, -0.15) is 0 Å². The molecule has 0 unspecified atom stereocenters. The van der Waals surface area contributed by atoms with Crippen molar-refractivity contribution in [1.29, 1.82) is 0 Å². The molecule has 116 valence electrons. The monoisotopic (exact) mass is 318 g/mol. The van der Waals surface area contributed by atoms with Gasteiger partial charge in [-0.3, -0.25) is 4.79 Å². The number of carbonyl (C=O) groups is 1. The molecule has 1 aromatic carbocycles. The van der Waals surface area contributed by atoms with Crippen LogP contribution >= 0.6 is 11.8 Å². The van der Waals surface area contributed by atoms with E-state index in [9.17, 15) is 4.79 Å². The highest BCUT2D eigenvalue weighted by atomic mass is 32.2. The lowest BCUT2D eigenvalue weighted by Gasteiger charge is -2.10. The number of para-hydroxylation sites is 2. The zero-order valence-corrected chi connectivity index (χ0v) is 13.1. The Morgan fingerprint density at radius 2 is 1.95 bits per heavy atom. The number of nitrogens with one attached hydrogen (secondary N) is 1. The minimum atomic E-state index is -0.160. The standard InChI is InChI=1S/C16H18N2O3S/c1-20-13-6-2-3-7-14(13)21-12-15(19)17-10-11-22-16-8-4-5-9-18-16/h2-9H,10-12H2,1H3,(H,17,19). The number of hydrogen-bond donors (Lipinski definition) is 1. The topological polar surface area (TPSA) is 60.5 Å². The Labute approximate surface area is 134 Å². The van der Waals surface area contributed by atoms with Gasteiger partial charge in [-0.1, -0.05) is 18.2 Å². The van der Waals surface area contributed by atoms with Crippen LogP contribution in [0.2, 0.25) is 0 Å². The first-order valence-electron chi connectivity index (χ1n) is 6.86. The predicted molar refractivity (Wildman–Crippen MR) is 86.5 cm³/mol. The SMILES string of the molecule is COc1ccccc1OCC(=O)NCCSc1ccccn1. The van der Waals surface area contributed by atoms with E-state index in [1.807, 2.05) is 30.3 Å². The summed E-state index contributed by atoms with van der Waals surface area (Å²) in [5.74, 6) is 1.77. The van der Waals surface area contributed by atoms with Crippen molar-refractivity contribution < 1.29 is 14.3 Å². The highest BCUT2D eigenvalue weighted by Crippen LogP contribution is 2.25. The van der Waals surface area contributed by atoms with Crippen LogP contribution in [0, 0.1) is 0 Å². The molecule has 0 fully saturated rings. The number of amides is 1. The van der Waals surface area contributed by atoms with E-state index < -0.39 is 0 Å². The van der Waals surface area contributed by atoms with E-state index in [1.165, 1.54) is 0 Å². The maximum absolute atomic E-state index is 11.7. The molecule has 1 amide bonds. The Morgan fingerprint density at radius 1 is 1.18 bits per heavy atom. The fraction of sp³-hybridized carbons (Fsp3) is 0.250. The minimum Gasteiger partial charge on any atom is -0.493 e. The van der Waals surface area contributed by atoms with Gasteiger partial charge in [0.15, 0.2) is 18.1 Å². The van der Waals surface area contributed by atoms with Gasteiger partial charge in [0, 0.05) is 18.5 Å². The third kappa shape index (κ3) is 5.29. The molecule has 0 aliphatic carbocycles. The van der Waals surface area contributed by atoms with Crippen LogP contribution in [0.4, 0.5) is 0 Å². The summed E-state index contributed by atoms with van der Waals surface area (Å²) in [4.78, 5) is 15.9. The average molecular weight is 318 g/mol. The van der Waals surface area contributed by atoms with Crippen molar-refractivity contribution >= 4 is 17.7 Å². The second-order valence-corrected chi connectivity index (χ2v) is 5.42. The van der Waals surface area contributed by atoms with Gasteiger partial charge >= 0.3 is 0 Å². The quantitative estimate of drug-likeness (QED) is 0.598. The van der Waals surface area contributed by atoms with Crippen molar-refractivity contribution in [2.75, 3.05) is 26.0 Å². The molecule has 5 nitrogen and oxygen atoms in total. The smallest absolute Gasteiger partial charge is 0.257 e. The Bertz CT molecular complexity index is 593. The van der Waals surface area contributed by atoms with E-state index in [4.69, 9.17) is 9.47 Å². The number of aromatic nitrogens is 1. The molecule has 0 saturated carbocycles. The van der Waals surface area contributed by atoms with Crippen molar-refractivity contribution in [2.24, 2.45) is 0 Å². The van der Waals surface area contributed by atoms with Crippen molar-refractivity contribution in [3.63, 3.8) is 0 Å². The van der Waals surface area contributed by atoms with Gasteiger partial charge in [-0.15, -0.1) is 11.8 Å². The molecule has 0 bridgehead atoms. The third-order valence-electron chi connectivity index (χ3n) is 2.74. The molecule has 1 N–H and O–H groups in total. The van der Waals surface area contributed by atoms with Crippen LogP contribution in [0.3, 0.4) is 0 Å². The number of ether oxygens (including phenoxy) is 2. The lowest BCUT2D eigenvalue weighted by Crippen LogP contribution is -2.30. The van der Waals surface area contributed by atoms with Gasteiger partial charge < -0.3 is 14.8 Å². The summed E-state index contributed by atoms with van der Waals surface area (Å²) in [5, 5.41) is 3.75.